The summed E-state index contributed by atoms with van der Waals surface area (Å²) < 4.78 is 5.23. The Bertz CT molecular complexity index is 824. The van der Waals surface area contributed by atoms with E-state index in [1.807, 2.05) is 53.4 Å². The van der Waals surface area contributed by atoms with Gasteiger partial charge in [-0.05, 0) is 43.2 Å². The molecule has 0 spiro atoms. The minimum absolute atomic E-state index is 0.0603. The average molecular weight is 320 g/mol. The van der Waals surface area contributed by atoms with Crippen molar-refractivity contribution in [2.45, 2.75) is 12.8 Å². The fourth-order valence-electron chi connectivity index (χ4n) is 3.61. The summed E-state index contributed by atoms with van der Waals surface area (Å²) in [6.07, 6.45) is 2.07. The van der Waals surface area contributed by atoms with Gasteiger partial charge in [-0.1, -0.05) is 18.2 Å². The van der Waals surface area contributed by atoms with Gasteiger partial charge in [-0.2, -0.15) is 0 Å². The van der Waals surface area contributed by atoms with Crippen LogP contribution in [0.3, 0.4) is 0 Å². The molecule has 1 fully saturated rings. The molecule has 2 heterocycles. The quantitative estimate of drug-likeness (QED) is 0.789. The number of carbonyl (C=O) groups is 1. The fraction of sp³-hybridized carbons (Fsp3) is 0.250. The number of fused-ring (bicyclic) bond motifs is 1. The third-order valence-corrected chi connectivity index (χ3v) is 4.82. The Morgan fingerprint density at radius 2 is 1.79 bits per heavy atom. The maximum Gasteiger partial charge on any atom is 0.265 e. The van der Waals surface area contributed by atoms with E-state index in [2.05, 4.69) is 11.9 Å². The highest BCUT2D eigenvalue weighted by molar-refractivity contribution is 6.35. The van der Waals surface area contributed by atoms with Crippen molar-refractivity contribution >= 4 is 22.9 Å². The number of hydrogen-bond donors (Lipinski definition) is 0. The lowest BCUT2D eigenvalue weighted by atomic mass is 10.0. The van der Waals surface area contributed by atoms with Crippen LogP contribution in [-0.2, 0) is 4.79 Å². The smallest absolute Gasteiger partial charge is 0.265 e. The standard InChI is InChI=1S/C20H20N2O2/c1-21-13-5-8-18(21)19-16-6-3-4-7-17(16)22(20(19)23)14-9-11-15(24-2)12-10-14/h3-4,6-7,9-12H,5,8,13H2,1-2H3/b19-18-. The summed E-state index contributed by atoms with van der Waals surface area (Å²) in [5.41, 5.74) is 4.85. The topological polar surface area (TPSA) is 32.8 Å². The summed E-state index contributed by atoms with van der Waals surface area (Å²) >= 11 is 0. The van der Waals surface area contributed by atoms with Gasteiger partial charge in [-0.15, -0.1) is 0 Å². The SMILES string of the molecule is COc1ccc(N2C(=O)/C(=C3/CCCN3C)c3ccccc32)cc1. The summed E-state index contributed by atoms with van der Waals surface area (Å²) in [4.78, 5) is 17.3. The second-order valence-electron chi connectivity index (χ2n) is 6.20. The van der Waals surface area contributed by atoms with Crippen LogP contribution in [0.15, 0.2) is 54.2 Å². The Morgan fingerprint density at radius 3 is 2.46 bits per heavy atom. The first kappa shape index (κ1) is 14.8. The van der Waals surface area contributed by atoms with E-state index in [-0.39, 0.29) is 5.91 Å². The van der Waals surface area contributed by atoms with Gasteiger partial charge in [0.15, 0.2) is 0 Å². The van der Waals surface area contributed by atoms with Crippen LogP contribution < -0.4 is 9.64 Å². The summed E-state index contributed by atoms with van der Waals surface area (Å²) in [6.45, 7) is 1.01. The van der Waals surface area contributed by atoms with Gasteiger partial charge in [0.05, 0.1) is 18.4 Å². The van der Waals surface area contributed by atoms with Crippen molar-refractivity contribution in [3.8, 4) is 5.75 Å². The lowest BCUT2D eigenvalue weighted by Gasteiger charge is -2.18. The largest absolute Gasteiger partial charge is 0.497 e. The van der Waals surface area contributed by atoms with E-state index in [1.165, 1.54) is 0 Å². The molecule has 122 valence electrons. The molecule has 2 aliphatic rings. The molecule has 1 amide bonds. The van der Waals surface area contributed by atoms with Crippen molar-refractivity contribution in [2.24, 2.45) is 0 Å². The minimum atomic E-state index is 0.0603. The Kier molecular flexibility index (Phi) is 3.53. The van der Waals surface area contributed by atoms with Gasteiger partial charge < -0.3 is 9.64 Å². The van der Waals surface area contributed by atoms with Crippen LogP contribution in [0.4, 0.5) is 11.4 Å². The van der Waals surface area contributed by atoms with E-state index < -0.39 is 0 Å². The Hall–Kier alpha value is -2.75. The molecule has 0 saturated carbocycles. The first-order chi connectivity index (χ1) is 11.7. The molecule has 0 aliphatic carbocycles. The molecule has 0 unspecified atom stereocenters. The third-order valence-electron chi connectivity index (χ3n) is 4.82. The molecule has 1 saturated heterocycles. The predicted octanol–water partition coefficient (Wildman–Crippen LogP) is 3.81. The zero-order chi connectivity index (χ0) is 16.7. The molecule has 2 aromatic rings. The summed E-state index contributed by atoms with van der Waals surface area (Å²) in [7, 11) is 3.71. The van der Waals surface area contributed by atoms with Crippen LogP contribution >= 0.6 is 0 Å². The van der Waals surface area contributed by atoms with Crippen LogP contribution in [0, 0.1) is 0 Å². The predicted molar refractivity (Wildman–Crippen MR) is 95.4 cm³/mol. The first-order valence-corrected chi connectivity index (χ1v) is 8.23. The number of nitrogens with zero attached hydrogens (tertiary/aromatic N) is 2. The zero-order valence-electron chi connectivity index (χ0n) is 14.0. The Labute approximate surface area is 142 Å². The summed E-state index contributed by atoms with van der Waals surface area (Å²) in [6, 6.07) is 15.7. The molecule has 0 bridgehead atoms. The maximum absolute atomic E-state index is 13.3. The lowest BCUT2D eigenvalue weighted by Crippen LogP contribution is -2.22. The van der Waals surface area contributed by atoms with Crippen molar-refractivity contribution in [3.05, 3.63) is 59.8 Å². The first-order valence-electron chi connectivity index (χ1n) is 8.23. The van der Waals surface area contributed by atoms with E-state index in [1.54, 1.807) is 7.11 Å². The molecule has 2 aliphatic heterocycles. The normalized spacial score (nSPS) is 19.8. The molecular formula is C20H20N2O2. The number of para-hydroxylation sites is 1. The van der Waals surface area contributed by atoms with Crippen LogP contribution in [0.25, 0.3) is 5.57 Å². The number of likely N-dealkylation sites (tertiary alicyclic amines) is 1. The number of rotatable bonds is 2. The summed E-state index contributed by atoms with van der Waals surface area (Å²) in [5.74, 6) is 0.845. The van der Waals surface area contributed by atoms with Gasteiger partial charge in [-0.3, -0.25) is 9.69 Å². The van der Waals surface area contributed by atoms with Crippen molar-refractivity contribution in [1.29, 1.82) is 0 Å². The minimum Gasteiger partial charge on any atom is -0.497 e. The number of anilines is 2. The van der Waals surface area contributed by atoms with E-state index in [0.717, 1.165) is 53.3 Å². The molecule has 0 aromatic heterocycles. The molecule has 2 aromatic carbocycles. The number of allylic oxidation sites excluding steroid dienone is 1. The number of amides is 1. The van der Waals surface area contributed by atoms with Crippen LogP contribution in [-0.4, -0.2) is 31.5 Å². The second kappa shape index (κ2) is 5.71. The highest BCUT2D eigenvalue weighted by Gasteiger charge is 2.37. The average Bonchev–Trinajstić information content (AvgIpc) is 3.15. The molecule has 0 radical (unpaired) electrons. The van der Waals surface area contributed by atoms with Gasteiger partial charge in [0.2, 0.25) is 0 Å². The van der Waals surface area contributed by atoms with Crippen molar-refractivity contribution < 1.29 is 9.53 Å². The number of carbonyl (C=O) groups excluding carboxylic acids is 1. The van der Waals surface area contributed by atoms with Gasteiger partial charge in [0, 0.05) is 30.5 Å². The Balaban J connectivity index is 1.86. The molecule has 24 heavy (non-hydrogen) atoms. The molecule has 4 rings (SSSR count). The molecular weight excluding hydrogens is 300 g/mol. The van der Waals surface area contributed by atoms with Crippen LogP contribution in [0.2, 0.25) is 0 Å². The van der Waals surface area contributed by atoms with E-state index >= 15 is 0 Å². The zero-order valence-corrected chi connectivity index (χ0v) is 14.0. The molecule has 4 heteroatoms. The van der Waals surface area contributed by atoms with Gasteiger partial charge >= 0.3 is 0 Å². The summed E-state index contributed by atoms with van der Waals surface area (Å²) in [5, 5.41) is 0. The van der Waals surface area contributed by atoms with Crippen molar-refractivity contribution in [3.63, 3.8) is 0 Å². The number of benzene rings is 2. The monoisotopic (exact) mass is 320 g/mol. The van der Waals surface area contributed by atoms with E-state index in [0.29, 0.717) is 0 Å². The van der Waals surface area contributed by atoms with Gasteiger partial charge in [-0.25, -0.2) is 0 Å². The fourth-order valence-corrected chi connectivity index (χ4v) is 3.61. The van der Waals surface area contributed by atoms with Gasteiger partial charge in [0.1, 0.15) is 5.75 Å². The Morgan fingerprint density at radius 1 is 1.04 bits per heavy atom. The third kappa shape index (κ3) is 2.18. The van der Waals surface area contributed by atoms with Crippen molar-refractivity contribution in [2.75, 3.05) is 25.6 Å². The van der Waals surface area contributed by atoms with E-state index in [4.69, 9.17) is 4.74 Å². The number of hydrogen-bond acceptors (Lipinski definition) is 3. The van der Waals surface area contributed by atoms with Gasteiger partial charge in [0.25, 0.3) is 5.91 Å². The molecule has 0 atom stereocenters. The number of methoxy groups -OCH3 is 1. The molecule has 4 nitrogen and oxygen atoms in total. The van der Waals surface area contributed by atoms with Crippen LogP contribution in [0.5, 0.6) is 5.75 Å². The van der Waals surface area contributed by atoms with Crippen LogP contribution in [0.1, 0.15) is 18.4 Å². The second-order valence-corrected chi connectivity index (χ2v) is 6.20. The lowest BCUT2D eigenvalue weighted by molar-refractivity contribution is -0.112. The number of ether oxygens (including phenoxy) is 1. The molecule has 0 N–H and O–H groups in total. The highest BCUT2D eigenvalue weighted by atomic mass is 16.5. The van der Waals surface area contributed by atoms with Crippen molar-refractivity contribution in [1.82, 2.24) is 4.90 Å². The van der Waals surface area contributed by atoms with E-state index in [9.17, 15) is 4.79 Å². The maximum atomic E-state index is 13.3. The highest BCUT2D eigenvalue weighted by Crippen LogP contribution is 2.44.